The summed E-state index contributed by atoms with van der Waals surface area (Å²) >= 11 is 0. The van der Waals surface area contributed by atoms with Gasteiger partial charge in [0, 0.05) is 12.0 Å². The van der Waals surface area contributed by atoms with Crippen molar-refractivity contribution in [1.82, 2.24) is 9.78 Å². The topological polar surface area (TPSA) is 93.7 Å². The van der Waals surface area contributed by atoms with E-state index < -0.39 is 0 Å². The van der Waals surface area contributed by atoms with Crippen molar-refractivity contribution in [2.24, 2.45) is 5.73 Å². The molecule has 0 spiro atoms. The molecule has 1 saturated carbocycles. The number of nitrogens with one attached hydrogen (secondary N) is 1. The van der Waals surface area contributed by atoms with E-state index in [-0.39, 0.29) is 5.84 Å². The zero-order valence-electron chi connectivity index (χ0n) is 8.03. The summed E-state index contributed by atoms with van der Waals surface area (Å²) in [5, 5.41) is 11.5. The van der Waals surface area contributed by atoms with Gasteiger partial charge in [0.15, 0.2) is 0 Å². The smallest absolute Gasteiger partial charge is 0.122 e. The fourth-order valence-corrected chi connectivity index (χ4v) is 1.64. The highest BCUT2D eigenvalue weighted by Crippen LogP contribution is 2.35. The molecule has 5 N–H and O–H groups in total. The van der Waals surface area contributed by atoms with Crippen LogP contribution in [0.4, 0.5) is 5.82 Å². The zero-order chi connectivity index (χ0) is 10.1. The van der Waals surface area contributed by atoms with E-state index >= 15 is 0 Å². The largest absolute Gasteiger partial charge is 0.386 e. The number of aromatic nitrogens is 2. The van der Waals surface area contributed by atoms with E-state index in [1.165, 1.54) is 19.3 Å². The fourth-order valence-electron chi connectivity index (χ4n) is 1.64. The first kappa shape index (κ1) is 9.05. The molecule has 1 fully saturated rings. The third-order valence-electron chi connectivity index (χ3n) is 2.67. The highest BCUT2D eigenvalue weighted by molar-refractivity contribution is 5.76. The molecule has 2 rings (SSSR count). The molecule has 1 aliphatic carbocycles. The van der Waals surface area contributed by atoms with Crippen LogP contribution in [0.5, 0.6) is 0 Å². The molecule has 14 heavy (non-hydrogen) atoms. The van der Waals surface area contributed by atoms with Crippen molar-refractivity contribution in [2.45, 2.75) is 31.7 Å². The summed E-state index contributed by atoms with van der Waals surface area (Å²) in [6.07, 6.45) is 3.69. The zero-order valence-corrected chi connectivity index (χ0v) is 8.03. The predicted molar refractivity (Wildman–Crippen MR) is 55.1 cm³/mol. The maximum Gasteiger partial charge on any atom is 0.122 e. The van der Waals surface area contributed by atoms with Crippen LogP contribution in [0.25, 0.3) is 0 Å². The molecule has 0 aliphatic heterocycles. The molecule has 1 heterocycles. The minimum atomic E-state index is 0.0833. The van der Waals surface area contributed by atoms with Crippen molar-refractivity contribution < 1.29 is 0 Å². The molecule has 0 amide bonds. The van der Waals surface area contributed by atoms with E-state index in [0.29, 0.717) is 18.3 Å². The molecule has 76 valence electrons. The molecule has 5 nitrogen and oxygen atoms in total. The minimum absolute atomic E-state index is 0.0833. The highest BCUT2D eigenvalue weighted by Gasteiger charge is 2.22. The molecule has 0 saturated heterocycles. The summed E-state index contributed by atoms with van der Waals surface area (Å²) in [5.41, 5.74) is 12.1. The summed E-state index contributed by atoms with van der Waals surface area (Å²) in [5.74, 6) is 1.26. The van der Waals surface area contributed by atoms with Gasteiger partial charge in [0.1, 0.15) is 11.7 Å². The van der Waals surface area contributed by atoms with Gasteiger partial charge in [-0.2, -0.15) is 5.10 Å². The van der Waals surface area contributed by atoms with Crippen LogP contribution < -0.4 is 11.5 Å². The van der Waals surface area contributed by atoms with Crippen molar-refractivity contribution in [3.63, 3.8) is 0 Å². The van der Waals surface area contributed by atoms with Gasteiger partial charge in [0.05, 0.1) is 12.2 Å². The van der Waals surface area contributed by atoms with Crippen molar-refractivity contribution in [3.05, 3.63) is 11.8 Å². The van der Waals surface area contributed by atoms with Crippen LogP contribution >= 0.6 is 0 Å². The molecular weight excluding hydrogens is 178 g/mol. The normalized spacial score (nSPS) is 16.6. The summed E-state index contributed by atoms with van der Waals surface area (Å²) in [6.45, 7) is 0.290. The SMILES string of the molecule is N=C(N)Cn1nc(C2CCC2)cc1N. The molecular formula is C9H15N5. The quantitative estimate of drug-likeness (QED) is 0.486. The van der Waals surface area contributed by atoms with Gasteiger partial charge in [-0.25, -0.2) is 4.68 Å². The lowest BCUT2D eigenvalue weighted by molar-refractivity contribution is 0.407. The summed E-state index contributed by atoms with van der Waals surface area (Å²) < 4.78 is 1.59. The maximum atomic E-state index is 7.17. The van der Waals surface area contributed by atoms with Gasteiger partial charge in [-0.15, -0.1) is 0 Å². The van der Waals surface area contributed by atoms with Crippen molar-refractivity contribution in [2.75, 3.05) is 5.73 Å². The van der Waals surface area contributed by atoms with E-state index in [9.17, 15) is 0 Å². The van der Waals surface area contributed by atoms with Gasteiger partial charge in [0.2, 0.25) is 0 Å². The number of rotatable bonds is 3. The molecule has 1 aromatic heterocycles. The molecule has 0 aromatic carbocycles. The van der Waals surface area contributed by atoms with Gasteiger partial charge < -0.3 is 11.5 Å². The van der Waals surface area contributed by atoms with Crippen LogP contribution in [0, 0.1) is 5.41 Å². The Hall–Kier alpha value is -1.52. The Balaban J connectivity index is 2.16. The first-order valence-electron chi connectivity index (χ1n) is 4.83. The Morgan fingerprint density at radius 2 is 2.36 bits per heavy atom. The average Bonchev–Trinajstić information content (AvgIpc) is 2.27. The predicted octanol–water partition coefficient (Wildman–Crippen LogP) is 0.669. The Morgan fingerprint density at radius 1 is 1.64 bits per heavy atom. The Kier molecular flexibility index (Phi) is 2.15. The molecule has 0 atom stereocenters. The van der Waals surface area contributed by atoms with Crippen LogP contribution in [0.1, 0.15) is 30.9 Å². The average molecular weight is 193 g/mol. The molecule has 1 aliphatic rings. The van der Waals surface area contributed by atoms with Gasteiger partial charge in [0.25, 0.3) is 0 Å². The Labute approximate surface area is 82.6 Å². The fraction of sp³-hybridized carbons (Fsp3) is 0.556. The highest BCUT2D eigenvalue weighted by atomic mass is 15.3. The minimum Gasteiger partial charge on any atom is -0.386 e. The number of hydrogen-bond acceptors (Lipinski definition) is 3. The van der Waals surface area contributed by atoms with Crippen molar-refractivity contribution in [3.8, 4) is 0 Å². The van der Waals surface area contributed by atoms with Crippen LogP contribution in [0.15, 0.2) is 6.07 Å². The Morgan fingerprint density at radius 3 is 2.86 bits per heavy atom. The molecule has 0 radical (unpaired) electrons. The molecule has 5 heteroatoms. The number of anilines is 1. The second-order valence-corrected chi connectivity index (χ2v) is 3.80. The first-order chi connectivity index (χ1) is 6.66. The lowest BCUT2D eigenvalue weighted by Gasteiger charge is -2.22. The van der Waals surface area contributed by atoms with Gasteiger partial charge in [-0.3, -0.25) is 5.41 Å². The van der Waals surface area contributed by atoms with Crippen molar-refractivity contribution >= 4 is 11.7 Å². The van der Waals surface area contributed by atoms with E-state index in [4.69, 9.17) is 16.9 Å². The molecule has 0 bridgehead atoms. The monoisotopic (exact) mass is 193 g/mol. The second kappa shape index (κ2) is 3.32. The number of nitrogen functional groups attached to an aromatic ring is 1. The van der Waals surface area contributed by atoms with Crippen LogP contribution in [0.2, 0.25) is 0 Å². The first-order valence-corrected chi connectivity index (χ1v) is 4.83. The number of nitrogens with two attached hydrogens (primary N) is 2. The lowest BCUT2D eigenvalue weighted by Crippen LogP contribution is -2.20. The third kappa shape index (κ3) is 1.57. The van der Waals surface area contributed by atoms with E-state index in [1.54, 1.807) is 4.68 Å². The van der Waals surface area contributed by atoms with Crippen LogP contribution in [0.3, 0.4) is 0 Å². The van der Waals surface area contributed by atoms with Crippen molar-refractivity contribution in [1.29, 1.82) is 5.41 Å². The summed E-state index contributed by atoms with van der Waals surface area (Å²) in [7, 11) is 0. The van der Waals surface area contributed by atoms with E-state index in [0.717, 1.165) is 5.69 Å². The standard InChI is InChI=1S/C9H15N5/c10-8(11)5-14-9(12)4-7(13-14)6-2-1-3-6/h4,6H,1-3,5,12H2,(H3,10,11). The number of amidine groups is 1. The third-order valence-corrected chi connectivity index (χ3v) is 2.67. The molecule has 0 unspecified atom stereocenters. The lowest BCUT2D eigenvalue weighted by atomic mass is 9.83. The maximum absolute atomic E-state index is 7.17. The van der Waals surface area contributed by atoms with Crippen LogP contribution in [-0.4, -0.2) is 15.6 Å². The van der Waals surface area contributed by atoms with Crippen LogP contribution in [-0.2, 0) is 6.54 Å². The van der Waals surface area contributed by atoms with Gasteiger partial charge in [-0.05, 0) is 12.8 Å². The second-order valence-electron chi connectivity index (χ2n) is 3.80. The van der Waals surface area contributed by atoms with Gasteiger partial charge in [-0.1, -0.05) is 6.42 Å². The number of nitrogens with zero attached hydrogens (tertiary/aromatic N) is 2. The number of hydrogen-bond donors (Lipinski definition) is 3. The molecule has 1 aromatic rings. The summed E-state index contributed by atoms with van der Waals surface area (Å²) in [6, 6.07) is 1.90. The Bertz CT molecular complexity index is 350. The van der Waals surface area contributed by atoms with Gasteiger partial charge >= 0.3 is 0 Å². The summed E-state index contributed by atoms with van der Waals surface area (Å²) in [4.78, 5) is 0. The van der Waals surface area contributed by atoms with E-state index in [2.05, 4.69) is 5.10 Å². The van der Waals surface area contributed by atoms with E-state index in [1.807, 2.05) is 6.07 Å².